The Morgan fingerprint density at radius 2 is 1.39 bits per heavy atom. The van der Waals surface area contributed by atoms with E-state index in [9.17, 15) is 0 Å². The minimum absolute atomic E-state index is 0.00838. The van der Waals surface area contributed by atoms with Gasteiger partial charge in [-0.05, 0) is 58.5 Å². The molecule has 3 rings (SSSR count). The number of rotatable bonds is 8. The lowest BCUT2D eigenvalue weighted by Gasteiger charge is -2.17. The van der Waals surface area contributed by atoms with Gasteiger partial charge in [-0.2, -0.15) is 0 Å². The molecule has 0 aromatic heterocycles. The molecule has 2 nitrogen and oxygen atoms in total. The zero-order valence-electron chi connectivity index (χ0n) is 15.4. The van der Waals surface area contributed by atoms with Gasteiger partial charge in [0.1, 0.15) is 12.4 Å². The second kappa shape index (κ2) is 10.3. The number of benzene rings is 3. The maximum Gasteiger partial charge on any atom is 0.119 e. The second-order valence-electron chi connectivity index (χ2n) is 6.26. The van der Waals surface area contributed by atoms with Crippen LogP contribution in [0.4, 0.5) is 0 Å². The quantitative estimate of drug-likeness (QED) is 0.347. The van der Waals surface area contributed by atoms with Gasteiger partial charge in [-0.1, -0.05) is 66.2 Å². The van der Waals surface area contributed by atoms with Gasteiger partial charge in [0.05, 0.1) is 6.61 Å². The monoisotopic (exact) mass is 412 g/mol. The summed E-state index contributed by atoms with van der Waals surface area (Å²) >= 11 is 12.3. The summed E-state index contributed by atoms with van der Waals surface area (Å²) in [6, 6.07) is 26.1. The molecule has 28 heavy (non-hydrogen) atoms. The van der Waals surface area contributed by atoms with Gasteiger partial charge in [-0.25, -0.2) is 0 Å². The molecule has 3 aromatic rings. The van der Waals surface area contributed by atoms with Crippen LogP contribution in [0.2, 0.25) is 5.02 Å². The average Bonchev–Trinajstić information content (AvgIpc) is 2.74. The third kappa shape index (κ3) is 5.17. The minimum Gasteiger partial charge on any atom is -0.491 e. The predicted molar refractivity (Wildman–Crippen MR) is 118 cm³/mol. The Morgan fingerprint density at radius 3 is 1.96 bits per heavy atom. The molecule has 0 unspecified atom stereocenters. The van der Waals surface area contributed by atoms with Gasteiger partial charge in [-0.15, -0.1) is 11.6 Å². The van der Waals surface area contributed by atoms with Crippen molar-refractivity contribution in [1.82, 2.24) is 0 Å². The first-order valence-corrected chi connectivity index (χ1v) is 10.1. The number of hydrogen-bond donors (Lipinski definition) is 1. The summed E-state index contributed by atoms with van der Waals surface area (Å²) in [6.07, 6.45) is 0.742. The summed E-state index contributed by atoms with van der Waals surface area (Å²) in [7, 11) is 0. The van der Waals surface area contributed by atoms with Crippen LogP contribution in [0.1, 0.15) is 23.1 Å². The van der Waals surface area contributed by atoms with E-state index in [0.29, 0.717) is 10.9 Å². The van der Waals surface area contributed by atoms with Crippen LogP contribution < -0.4 is 4.74 Å². The topological polar surface area (TPSA) is 29.5 Å². The third-order valence-electron chi connectivity index (χ3n) is 4.40. The van der Waals surface area contributed by atoms with Crippen LogP contribution in [0.15, 0.2) is 78.9 Å². The van der Waals surface area contributed by atoms with E-state index in [2.05, 4.69) is 12.1 Å². The van der Waals surface area contributed by atoms with E-state index in [1.165, 1.54) is 5.57 Å². The molecule has 0 radical (unpaired) electrons. The summed E-state index contributed by atoms with van der Waals surface area (Å²) in [5.41, 5.74) is 5.60. The first-order valence-electron chi connectivity index (χ1n) is 9.17. The fraction of sp³-hybridized carbons (Fsp3) is 0.167. The van der Waals surface area contributed by atoms with Crippen LogP contribution in [0.5, 0.6) is 5.75 Å². The van der Waals surface area contributed by atoms with Gasteiger partial charge < -0.3 is 9.84 Å². The van der Waals surface area contributed by atoms with Crippen LogP contribution in [-0.2, 0) is 0 Å². The molecule has 0 saturated carbocycles. The molecule has 0 spiro atoms. The maximum absolute atomic E-state index is 8.94. The van der Waals surface area contributed by atoms with Crippen molar-refractivity contribution in [3.63, 3.8) is 0 Å². The van der Waals surface area contributed by atoms with Gasteiger partial charge in [0.2, 0.25) is 0 Å². The highest BCUT2D eigenvalue weighted by molar-refractivity contribution is 6.30. The first-order chi connectivity index (χ1) is 13.7. The van der Waals surface area contributed by atoms with E-state index in [0.717, 1.165) is 34.4 Å². The largest absolute Gasteiger partial charge is 0.491 e. The molecule has 0 bridgehead atoms. The van der Waals surface area contributed by atoms with Crippen molar-refractivity contribution in [3.05, 3.63) is 101 Å². The van der Waals surface area contributed by atoms with Crippen molar-refractivity contribution < 1.29 is 9.84 Å². The smallest absolute Gasteiger partial charge is 0.119 e. The number of aliphatic hydroxyl groups excluding tert-OH is 1. The fourth-order valence-corrected chi connectivity index (χ4v) is 3.48. The Kier molecular flexibility index (Phi) is 7.55. The molecule has 0 aliphatic rings. The molecule has 0 saturated heterocycles. The zero-order chi connectivity index (χ0) is 19.8. The third-order valence-corrected chi connectivity index (χ3v) is 4.85. The van der Waals surface area contributed by atoms with Crippen LogP contribution in [0.3, 0.4) is 0 Å². The van der Waals surface area contributed by atoms with Crippen LogP contribution in [0.25, 0.3) is 11.1 Å². The molecular weight excluding hydrogens is 391 g/mol. The normalized spacial score (nSPS) is 11.8. The molecule has 0 aliphatic heterocycles. The molecule has 0 amide bonds. The Hall–Kier alpha value is -2.26. The fourth-order valence-electron chi connectivity index (χ4n) is 3.16. The van der Waals surface area contributed by atoms with Gasteiger partial charge in [0.25, 0.3) is 0 Å². The molecule has 0 aliphatic carbocycles. The standard InChI is InChI=1S/C24H22Cl2O2/c25-15-14-23(18-4-2-1-3-5-18)24(19-6-10-21(26)11-7-19)20-8-12-22(13-9-20)28-17-16-27/h1-13,27H,14-17H2. The molecule has 4 heteroatoms. The van der Waals surface area contributed by atoms with E-state index in [4.69, 9.17) is 33.0 Å². The number of ether oxygens (including phenoxy) is 1. The van der Waals surface area contributed by atoms with Crippen molar-refractivity contribution in [2.24, 2.45) is 0 Å². The number of allylic oxidation sites excluding steroid dienone is 1. The minimum atomic E-state index is -0.00838. The summed E-state index contributed by atoms with van der Waals surface area (Å²) in [6.45, 7) is 0.270. The molecule has 144 valence electrons. The summed E-state index contributed by atoms with van der Waals surface area (Å²) < 4.78 is 5.50. The molecule has 0 heterocycles. The maximum atomic E-state index is 8.94. The Labute approximate surface area is 176 Å². The number of alkyl halides is 1. The highest BCUT2D eigenvalue weighted by Crippen LogP contribution is 2.35. The first kappa shape index (κ1) is 20.5. The van der Waals surface area contributed by atoms with Gasteiger partial charge in [0.15, 0.2) is 0 Å². The lowest BCUT2D eigenvalue weighted by atomic mass is 9.88. The molecule has 1 N–H and O–H groups in total. The molecular formula is C24H22Cl2O2. The SMILES string of the molecule is OCCOc1ccc(C(=C(CCCl)c2ccccc2)c2ccc(Cl)cc2)cc1. The average molecular weight is 413 g/mol. The van der Waals surface area contributed by atoms with Crippen LogP contribution in [-0.4, -0.2) is 24.2 Å². The number of aliphatic hydroxyl groups is 1. The van der Waals surface area contributed by atoms with E-state index in [1.54, 1.807) is 0 Å². The molecule has 3 aromatic carbocycles. The van der Waals surface area contributed by atoms with E-state index in [1.807, 2.05) is 66.7 Å². The van der Waals surface area contributed by atoms with Crippen LogP contribution in [0, 0.1) is 0 Å². The second-order valence-corrected chi connectivity index (χ2v) is 7.08. The van der Waals surface area contributed by atoms with Gasteiger partial charge in [-0.3, -0.25) is 0 Å². The van der Waals surface area contributed by atoms with Crippen molar-refractivity contribution in [3.8, 4) is 5.75 Å². The molecule has 0 atom stereocenters. The lowest BCUT2D eigenvalue weighted by Crippen LogP contribution is -2.01. The van der Waals surface area contributed by atoms with Crippen molar-refractivity contribution >= 4 is 34.3 Å². The van der Waals surface area contributed by atoms with E-state index < -0.39 is 0 Å². The Balaban J connectivity index is 2.15. The highest BCUT2D eigenvalue weighted by atomic mass is 35.5. The van der Waals surface area contributed by atoms with Crippen LogP contribution >= 0.6 is 23.2 Å². The summed E-state index contributed by atoms with van der Waals surface area (Å²) in [4.78, 5) is 0. The zero-order valence-corrected chi connectivity index (χ0v) is 17.0. The Bertz CT molecular complexity index is 902. The van der Waals surface area contributed by atoms with Gasteiger partial charge >= 0.3 is 0 Å². The highest BCUT2D eigenvalue weighted by Gasteiger charge is 2.14. The van der Waals surface area contributed by atoms with E-state index in [-0.39, 0.29) is 13.2 Å². The lowest BCUT2D eigenvalue weighted by molar-refractivity contribution is 0.201. The summed E-state index contributed by atoms with van der Waals surface area (Å²) in [5.74, 6) is 1.26. The molecule has 0 fully saturated rings. The number of hydrogen-bond acceptors (Lipinski definition) is 2. The van der Waals surface area contributed by atoms with Crippen molar-refractivity contribution in [2.45, 2.75) is 6.42 Å². The van der Waals surface area contributed by atoms with E-state index >= 15 is 0 Å². The van der Waals surface area contributed by atoms with Crippen molar-refractivity contribution in [2.75, 3.05) is 19.1 Å². The summed E-state index contributed by atoms with van der Waals surface area (Å²) in [5, 5.41) is 9.65. The Morgan fingerprint density at radius 1 is 0.786 bits per heavy atom. The number of halogens is 2. The van der Waals surface area contributed by atoms with Crippen molar-refractivity contribution in [1.29, 1.82) is 0 Å². The predicted octanol–water partition coefficient (Wildman–Crippen LogP) is 6.30. The van der Waals surface area contributed by atoms with Gasteiger partial charge in [0, 0.05) is 10.9 Å².